The van der Waals surface area contributed by atoms with Crippen LogP contribution in [0, 0.1) is 6.92 Å². The average molecular weight is 371 g/mol. The fraction of sp³-hybridized carbons (Fsp3) is 0.381. The Balaban J connectivity index is 2.14. The topological polar surface area (TPSA) is 64.1 Å². The van der Waals surface area contributed by atoms with Crippen LogP contribution in [-0.2, 0) is 6.54 Å². The van der Waals surface area contributed by atoms with Crippen molar-refractivity contribution in [2.75, 3.05) is 32.7 Å². The molecule has 6 heteroatoms. The molecule has 0 aliphatic heterocycles. The predicted molar refractivity (Wildman–Crippen MR) is 110 cm³/mol. The van der Waals surface area contributed by atoms with E-state index in [1.807, 2.05) is 51.1 Å². The van der Waals surface area contributed by atoms with Crippen LogP contribution in [0.4, 0.5) is 5.69 Å². The number of rotatable bonds is 8. The summed E-state index contributed by atoms with van der Waals surface area (Å²) >= 11 is 0. The van der Waals surface area contributed by atoms with Gasteiger partial charge in [-0.25, -0.2) is 4.99 Å². The highest BCUT2D eigenvalue weighted by Crippen LogP contribution is 2.30. The first-order chi connectivity index (χ1) is 13.1. The van der Waals surface area contributed by atoms with Gasteiger partial charge in [0.05, 0.1) is 27.4 Å². The van der Waals surface area contributed by atoms with E-state index in [0.717, 1.165) is 34.9 Å². The molecule has 2 rings (SSSR count). The zero-order valence-corrected chi connectivity index (χ0v) is 16.8. The SMILES string of the molecule is CCNC(=NCc1ccc(OC)c(C)c1)Nc1ccc(OCC)c(OC)c1. The third-order valence-electron chi connectivity index (χ3n) is 3.95. The number of guanidine groups is 1. The summed E-state index contributed by atoms with van der Waals surface area (Å²) in [4.78, 5) is 4.67. The largest absolute Gasteiger partial charge is 0.496 e. The summed E-state index contributed by atoms with van der Waals surface area (Å²) < 4.78 is 16.3. The number of anilines is 1. The van der Waals surface area contributed by atoms with Crippen molar-refractivity contribution < 1.29 is 14.2 Å². The van der Waals surface area contributed by atoms with Crippen LogP contribution in [0.1, 0.15) is 25.0 Å². The minimum absolute atomic E-state index is 0.564. The molecular formula is C21H29N3O3. The second-order valence-corrected chi connectivity index (χ2v) is 5.92. The van der Waals surface area contributed by atoms with Gasteiger partial charge in [-0.05, 0) is 50.1 Å². The Labute approximate surface area is 161 Å². The Kier molecular flexibility index (Phi) is 7.79. The summed E-state index contributed by atoms with van der Waals surface area (Å²) in [5.41, 5.74) is 3.09. The van der Waals surface area contributed by atoms with Gasteiger partial charge in [0.15, 0.2) is 17.5 Å². The van der Waals surface area contributed by atoms with Gasteiger partial charge >= 0.3 is 0 Å². The fourth-order valence-corrected chi connectivity index (χ4v) is 2.67. The number of hydrogen-bond acceptors (Lipinski definition) is 4. The first-order valence-electron chi connectivity index (χ1n) is 9.10. The Hall–Kier alpha value is -2.89. The van der Waals surface area contributed by atoms with E-state index in [-0.39, 0.29) is 0 Å². The number of benzene rings is 2. The normalized spacial score (nSPS) is 11.1. The van der Waals surface area contributed by atoms with Crippen LogP contribution in [0.15, 0.2) is 41.4 Å². The zero-order valence-electron chi connectivity index (χ0n) is 16.8. The molecule has 0 saturated carbocycles. The maximum atomic E-state index is 5.56. The predicted octanol–water partition coefficient (Wildman–Crippen LogP) is 3.99. The first-order valence-corrected chi connectivity index (χ1v) is 9.10. The van der Waals surface area contributed by atoms with Crippen molar-refractivity contribution in [2.24, 2.45) is 4.99 Å². The third-order valence-corrected chi connectivity index (χ3v) is 3.95. The molecule has 2 aromatic rings. The molecule has 2 aromatic carbocycles. The van der Waals surface area contributed by atoms with E-state index in [1.165, 1.54) is 0 Å². The summed E-state index contributed by atoms with van der Waals surface area (Å²) in [5, 5.41) is 6.57. The Morgan fingerprint density at radius 1 is 0.963 bits per heavy atom. The third kappa shape index (κ3) is 5.81. The van der Waals surface area contributed by atoms with Crippen molar-refractivity contribution in [1.82, 2.24) is 5.32 Å². The molecule has 0 aliphatic rings. The van der Waals surface area contributed by atoms with Gasteiger partial charge in [0.25, 0.3) is 0 Å². The minimum atomic E-state index is 0.564. The van der Waals surface area contributed by atoms with Crippen LogP contribution in [0.3, 0.4) is 0 Å². The number of nitrogens with zero attached hydrogens (tertiary/aromatic N) is 1. The van der Waals surface area contributed by atoms with Gasteiger partial charge in [0, 0.05) is 18.3 Å². The lowest BCUT2D eigenvalue weighted by Crippen LogP contribution is -2.30. The molecule has 0 aliphatic carbocycles. The Bertz CT molecular complexity index is 775. The van der Waals surface area contributed by atoms with Gasteiger partial charge in [-0.2, -0.15) is 0 Å². The summed E-state index contributed by atoms with van der Waals surface area (Å²) in [5.74, 6) is 3.00. The number of nitrogens with one attached hydrogen (secondary N) is 2. The van der Waals surface area contributed by atoms with Gasteiger partial charge in [0.1, 0.15) is 5.75 Å². The van der Waals surface area contributed by atoms with E-state index in [0.29, 0.717) is 24.9 Å². The number of ether oxygens (including phenoxy) is 3. The molecular weight excluding hydrogens is 342 g/mol. The number of hydrogen-bond donors (Lipinski definition) is 2. The van der Waals surface area contributed by atoms with Crippen LogP contribution in [-0.4, -0.2) is 33.3 Å². The van der Waals surface area contributed by atoms with Crippen molar-refractivity contribution in [3.05, 3.63) is 47.5 Å². The molecule has 6 nitrogen and oxygen atoms in total. The summed E-state index contributed by atoms with van der Waals surface area (Å²) in [6.45, 7) is 7.93. The van der Waals surface area contributed by atoms with E-state index in [9.17, 15) is 0 Å². The molecule has 0 amide bonds. The summed E-state index contributed by atoms with van der Waals surface area (Å²) in [7, 11) is 3.31. The van der Waals surface area contributed by atoms with E-state index in [1.54, 1.807) is 14.2 Å². The molecule has 0 radical (unpaired) electrons. The fourth-order valence-electron chi connectivity index (χ4n) is 2.67. The van der Waals surface area contributed by atoms with Crippen molar-refractivity contribution in [3.63, 3.8) is 0 Å². The van der Waals surface area contributed by atoms with Crippen LogP contribution < -0.4 is 24.8 Å². The first kappa shape index (κ1) is 20.4. The van der Waals surface area contributed by atoms with Crippen molar-refractivity contribution >= 4 is 11.6 Å². The number of aryl methyl sites for hydroxylation is 1. The van der Waals surface area contributed by atoms with Crippen LogP contribution >= 0.6 is 0 Å². The van der Waals surface area contributed by atoms with Gasteiger partial charge in [0.2, 0.25) is 0 Å². The molecule has 0 bridgehead atoms. The molecule has 146 valence electrons. The van der Waals surface area contributed by atoms with Gasteiger partial charge in [-0.15, -0.1) is 0 Å². The average Bonchev–Trinajstić information content (AvgIpc) is 2.67. The number of methoxy groups -OCH3 is 2. The molecule has 0 aromatic heterocycles. The van der Waals surface area contributed by atoms with Gasteiger partial charge < -0.3 is 24.8 Å². The smallest absolute Gasteiger partial charge is 0.196 e. The molecule has 0 spiro atoms. The Morgan fingerprint density at radius 2 is 1.70 bits per heavy atom. The molecule has 2 N–H and O–H groups in total. The van der Waals surface area contributed by atoms with Crippen molar-refractivity contribution in [1.29, 1.82) is 0 Å². The molecule has 0 atom stereocenters. The molecule has 27 heavy (non-hydrogen) atoms. The maximum absolute atomic E-state index is 5.56. The van der Waals surface area contributed by atoms with E-state index < -0.39 is 0 Å². The van der Waals surface area contributed by atoms with Crippen LogP contribution in [0.5, 0.6) is 17.2 Å². The lowest BCUT2D eigenvalue weighted by atomic mass is 10.1. The Morgan fingerprint density at radius 3 is 2.33 bits per heavy atom. The quantitative estimate of drug-likeness (QED) is 0.543. The van der Waals surface area contributed by atoms with Gasteiger partial charge in [-0.3, -0.25) is 0 Å². The number of aliphatic imine (C=N–C) groups is 1. The highest BCUT2D eigenvalue weighted by molar-refractivity contribution is 5.93. The monoisotopic (exact) mass is 371 g/mol. The highest BCUT2D eigenvalue weighted by atomic mass is 16.5. The molecule has 0 fully saturated rings. The minimum Gasteiger partial charge on any atom is -0.496 e. The van der Waals surface area contributed by atoms with Crippen molar-refractivity contribution in [3.8, 4) is 17.2 Å². The lowest BCUT2D eigenvalue weighted by molar-refractivity contribution is 0.311. The van der Waals surface area contributed by atoms with E-state index in [2.05, 4.69) is 21.7 Å². The standard InChI is InChI=1S/C21H29N3O3/c1-6-22-21(23-14-16-8-10-18(25-4)15(3)12-16)24-17-9-11-19(27-7-2)20(13-17)26-5/h8-13H,6-7,14H2,1-5H3,(H2,22,23,24). The van der Waals surface area contributed by atoms with E-state index >= 15 is 0 Å². The summed E-state index contributed by atoms with van der Waals surface area (Å²) in [6.07, 6.45) is 0. The van der Waals surface area contributed by atoms with Crippen molar-refractivity contribution in [2.45, 2.75) is 27.3 Å². The molecule has 0 heterocycles. The highest BCUT2D eigenvalue weighted by Gasteiger charge is 2.07. The van der Waals surface area contributed by atoms with Gasteiger partial charge in [-0.1, -0.05) is 12.1 Å². The van der Waals surface area contributed by atoms with Crippen LogP contribution in [0.2, 0.25) is 0 Å². The van der Waals surface area contributed by atoms with E-state index in [4.69, 9.17) is 14.2 Å². The molecule has 0 unspecified atom stereocenters. The second-order valence-electron chi connectivity index (χ2n) is 5.92. The molecule has 0 saturated heterocycles. The maximum Gasteiger partial charge on any atom is 0.196 e. The second kappa shape index (κ2) is 10.3. The summed E-state index contributed by atoms with van der Waals surface area (Å²) in [6, 6.07) is 11.8. The lowest BCUT2D eigenvalue weighted by Gasteiger charge is -2.14. The van der Waals surface area contributed by atoms with Crippen LogP contribution in [0.25, 0.3) is 0 Å². The zero-order chi connectivity index (χ0) is 19.6.